The molecule has 1 amide bonds. The highest BCUT2D eigenvalue weighted by Gasteiger charge is 2.29. The van der Waals surface area contributed by atoms with Gasteiger partial charge in [0.2, 0.25) is 5.91 Å². The molecule has 2 aliphatic rings. The summed E-state index contributed by atoms with van der Waals surface area (Å²) >= 11 is 0. The topological polar surface area (TPSA) is 52.6 Å². The molecule has 2 fully saturated rings. The molecule has 1 saturated carbocycles. The van der Waals surface area contributed by atoms with Crippen molar-refractivity contribution in [2.45, 2.75) is 44.6 Å². The van der Waals surface area contributed by atoms with E-state index in [9.17, 15) is 9.90 Å². The molecule has 0 radical (unpaired) electrons. The first kappa shape index (κ1) is 15.3. The van der Waals surface area contributed by atoms with Crippen molar-refractivity contribution in [3.8, 4) is 5.75 Å². The zero-order valence-electron chi connectivity index (χ0n) is 13.1. The first-order chi connectivity index (χ1) is 10.7. The number of hydrogen-bond acceptors (Lipinski definition) is 3. The Kier molecular flexibility index (Phi) is 4.98. The number of rotatable bonds is 5. The second-order valence-corrected chi connectivity index (χ2v) is 6.74. The SMILES string of the molecule is O=C(Cc1cccc(O)c1)NC[C@@H]1CCN(C2CCCC2)C1. The average molecular weight is 302 g/mol. The summed E-state index contributed by atoms with van der Waals surface area (Å²) in [5.41, 5.74) is 0.858. The van der Waals surface area contributed by atoms with E-state index in [-0.39, 0.29) is 11.7 Å². The normalized spacial score (nSPS) is 23.0. The fourth-order valence-corrected chi connectivity index (χ4v) is 3.80. The minimum absolute atomic E-state index is 0.0462. The van der Waals surface area contributed by atoms with Crippen LogP contribution in [0.2, 0.25) is 0 Å². The van der Waals surface area contributed by atoms with Crippen molar-refractivity contribution in [3.05, 3.63) is 29.8 Å². The van der Waals surface area contributed by atoms with Gasteiger partial charge in [-0.25, -0.2) is 0 Å². The van der Waals surface area contributed by atoms with Gasteiger partial charge in [-0.15, -0.1) is 0 Å². The summed E-state index contributed by atoms with van der Waals surface area (Å²) in [5, 5.41) is 12.5. The van der Waals surface area contributed by atoms with Crippen LogP contribution in [0.15, 0.2) is 24.3 Å². The van der Waals surface area contributed by atoms with Crippen LogP contribution >= 0.6 is 0 Å². The van der Waals surface area contributed by atoms with E-state index in [2.05, 4.69) is 10.2 Å². The lowest BCUT2D eigenvalue weighted by atomic mass is 10.1. The van der Waals surface area contributed by atoms with Gasteiger partial charge in [0.1, 0.15) is 5.75 Å². The molecule has 1 aliphatic carbocycles. The highest BCUT2D eigenvalue weighted by molar-refractivity contribution is 5.78. The number of hydrogen-bond donors (Lipinski definition) is 2. The van der Waals surface area contributed by atoms with Gasteiger partial charge in [0, 0.05) is 19.1 Å². The van der Waals surface area contributed by atoms with Crippen LogP contribution in [0.5, 0.6) is 5.75 Å². The minimum atomic E-state index is 0.0462. The Bertz CT molecular complexity index is 512. The average Bonchev–Trinajstić information content (AvgIpc) is 3.16. The van der Waals surface area contributed by atoms with E-state index in [1.165, 1.54) is 38.6 Å². The van der Waals surface area contributed by atoms with Gasteiger partial charge >= 0.3 is 0 Å². The Balaban J connectivity index is 1.40. The van der Waals surface area contributed by atoms with Crippen molar-refractivity contribution >= 4 is 5.91 Å². The van der Waals surface area contributed by atoms with Crippen LogP contribution in [-0.2, 0) is 11.2 Å². The fourth-order valence-electron chi connectivity index (χ4n) is 3.80. The van der Waals surface area contributed by atoms with Crippen LogP contribution < -0.4 is 5.32 Å². The van der Waals surface area contributed by atoms with E-state index in [1.54, 1.807) is 18.2 Å². The Morgan fingerprint density at radius 1 is 1.27 bits per heavy atom. The molecule has 1 heterocycles. The largest absolute Gasteiger partial charge is 0.508 e. The number of aromatic hydroxyl groups is 1. The first-order valence-electron chi connectivity index (χ1n) is 8.49. The lowest BCUT2D eigenvalue weighted by Gasteiger charge is -2.23. The Morgan fingerprint density at radius 2 is 2.09 bits per heavy atom. The van der Waals surface area contributed by atoms with E-state index < -0.39 is 0 Å². The van der Waals surface area contributed by atoms with Gasteiger partial charge in [-0.05, 0) is 49.4 Å². The van der Waals surface area contributed by atoms with Crippen molar-refractivity contribution in [2.24, 2.45) is 5.92 Å². The predicted molar refractivity (Wildman–Crippen MR) is 86.8 cm³/mol. The highest BCUT2D eigenvalue weighted by atomic mass is 16.3. The van der Waals surface area contributed by atoms with Crippen LogP contribution in [0.4, 0.5) is 0 Å². The monoisotopic (exact) mass is 302 g/mol. The number of amides is 1. The number of phenols is 1. The molecule has 1 aliphatic heterocycles. The van der Waals surface area contributed by atoms with Crippen molar-refractivity contribution < 1.29 is 9.90 Å². The van der Waals surface area contributed by atoms with Gasteiger partial charge in [-0.1, -0.05) is 25.0 Å². The smallest absolute Gasteiger partial charge is 0.224 e. The lowest BCUT2D eigenvalue weighted by molar-refractivity contribution is -0.120. The first-order valence-corrected chi connectivity index (χ1v) is 8.49. The molecule has 1 aromatic rings. The van der Waals surface area contributed by atoms with Crippen LogP contribution in [0, 0.1) is 5.92 Å². The molecular weight excluding hydrogens is 276 g/mol. The number of carbonyl (C=O) groups excluding carboxylic acids is 1. The summed E-state index contributed by atoms with van der Waals surface area (Å²) < 4.78 is 0. The van der Waals surface area contributed by atoms with Crippen LogP contribution in [0.3, 0.4) is 0 Å². The molecule has 1 aromatic carbocycles. The van der Waals surface area contributed by atoms with E-state index in [0.717, 1.165) is 24.7 Å². The Labute approximate surface area is 132 Å². The maximum absolute atomic E-state index is 12.0. The van der Waals surface area contributed by atoms with Gasteiger partial charge in [0.05, 0.1) is 6.42 Å². The van der Waals surface area contributed by atoms with E-state index >= 15 is 0 Å². The van der Waals surface area contributed by atoms with Gasteiger partial charge in [-0.2, -0.15) is 0 Å². The molecule has 1 saturated heterocycles. The van der Waals surface area contributed by atoms with Crippen LogP contribution in [0.1, 0.15) is 37.7 Å². The van der Waals surface area contributed by atoms with E-state index in [0.29, 0.717) is 12.3 Å². The second-order valence-electron chi connectivity index (χ2n) is 6.74. The van der Waals surface area contributed by atoms with Crippen molar-refractivity contribution in [1.29, 1.82) is 0 Å². The van der Waals surface area contributed by atoms with Gasteiger partial charge in [-0.3, -0.25) is 4.79 Å². The highest BCUT2D eigenvalue weighted by Crippen LogP contribution is 2.28. The summed E-state index contributed by atoms with van der Waals surface area (Å²) in [4.78, 5) is 14.6. The molecule has 3 rings (SSSR count). The number of carbonyl (C=O) groups is 1. The zero-order valence-corrected chi connectivity index (χ0v) is 13.1. The maximum atomic E-state index is 12.0. The number of nitrogens with one attached hydrogen (secondary N) is 1. The third kappa shape index (κ3) is 4.01. The minimum Gasteiger partial charge on any atom is -0.508 e. The van der Waals surface area contributed by atoms with Crippen LogP contribution in [0.25, 0.3) is 0 Å². The summed E-state index contributed by atoms with van der Waals surface area (Å²) in [5.74, 6) is 0.854. The van der Waals surface area contributed by atoms with Crippen molar-refractivity contribution in [2.75, 3.05) is 19.6 Å². The van der Waals surface area contributed by atoms with Gasteiger partial charge in [0.15, 0.2) is 0 Å². The number of phenolic OH excluding ortho intramolecular Hbond substituents is 1. The van der Waals surface area contributed by atoms with Crippen LogP contribution in [-0.4, -0.2) is 41.6 Å². The van der Waals surface area contributed by atoms with Gasteiger partial charge < -0.3 is 15.3 Å². The molecule has 4 heteroatoms. The fraction of sp³-hybridized carbons (Fsp3) is 0.611. The molecule has 2 N–H and O–H groups in total. The zero-order chi connectivity index (χ0) is 15.4. The maximum Gasteiger partial charge on any atom is 0.224 e. The summed E-state index contributed by atoms with van der Waals surface area (Å²) in [7, 11) is 0. The molecule has 22 heavy (non-hydrogen) atoms. The molecule has 4 nitrogen and oxygen atoms in total. The molecular formula is C18H26N2O2. The molecule has 0 unspecified atom stereocenters. The standard InChI is InChI=1S/C18H26N2O2/c21-17-7-3-4-14(10-17)11-18(22)19-12-15-8-9-20(13-15)16-5-1-2-6-16/h3-4,7,10,15-16,21H,1-2,5-6,8-9,11-13H2,(H,19,22)/t15-/m0/s1. The third-order valence-corrected chi connectivity index (χ3v) is 5.02. The third-order valence-electron chi connectivity index (χ3n) is 5.02. The molecule has 0 bridgehead atoms. The molecule has 0 spiro atoms. The summed E-state index contributed by atoms with van der Waals surface area (Å²) in [6.45, 7) is 3.11. The quantitative estimate of drug-likeness (QED) is 0.877. The molecule has 1 atom stereocenters. The summed E-state index contributed by atoms with van der Waals surface area (Å²) in [6, 6.07) is 7.72. The van der Waals surface area contributed by atoms with Crippen molar-refractivity contribution in [1.82, 2.24) is 10.2 Å². The lowest BCUT2D eigenvalue weighted by Crippen LogP contribution is -2.34. The Hall–Kier alpha value is -1.55. The van der Waals surface area contributed by atoms with Gasteiger partial charge in [0.25, 0.3) is 0 Å². The number of nitrogens with zero attached hydrogens (tertiary/aromatic N) is 1. The molecule has 0 aromatic heterocycles. The number of benzene rings is 1. The van der Waals surface area contributed by atoms with E-state index in [4.69, 9.17) is 0 Å². The Morgan fingerprint density at radius 3 is 2.86 bits per heavy atom. The second kappa shape index (κ2) is 7.14. The van der Waals surface area contributed by atoms with E-state index in [1.807, 2.05) is 6.07 Å². The summed E-state index contributed by atoms with van der Waals surface area (Å²) in [6.07, 6.45) is 7.02. The van der Waals surface area contributed by atoms with Crippen molar-refractivity contribution in [3.63, 3.8) is 0 Å². The number of likely N-dealkylation sites (tertiary alicyclic amines) is 1. The molecule has 120 valence electrons. The predicted octanol–water partition coefficient (Wildman–Crippen LogP) is 2.32.